The van der Waals surface area contributed by atoms with Gasteiger partial charge < -0.3 is 9.73 Å². The summed E-state index contributed by atoms with van der Waals surface area (Å²) in [5.74, 6) is -0.534. The van der Waals surface area contributed by atoms with Crippen LogP contribution in [-0.2, 0) is 20.4 Å². The Labute approximate surface area is 177 Å². The highest BCUT2D eigenvalue weighted by Gasteiger charge is 2.22. The van der Waals surface area contributed by atoms with Gasteiger partial charge in [-0.1, -0.05) is 55.0 Å². The molecular formula is C23H26N2O4S. The van der Waals surface area contributed by atoms with Gasteiger partial charge in [-0.05, 0) is 37.5 Å². The second-order valence-corrected chi connectivity index (χ2v) is 9.60. The fourth-order valence-electron chi connectivity index (χ4n) is 3.06. The number of rotatable bonds is 8. The Morgan fingerprint density at radius 3 is 2.40 bits per heavy atom. The van der Waals surface area contributed by atoms with Crippen LogP contribution in [0.3, 0.4) is 0 Å². The molecule has 0 aliphatic rings. The van der Waals surface area contributed by atoms with Gasteiger partial charge in [0.05, 0.1) is 11.4 Å². The van der Waals surface area contributed by atoms with Crippen LogP contribution in [0.1, 0.15) is 35.4 Å². The van der Waals surface area contributed by atoms with Crippen LogP contribution in [0.15, 0.2) is 59.0 Å². The van der Waals surface area contributed by atoms with Crippen LogP contribution < -0.4 is 5.32 Å². The molecule has 0 fully saturated rings. The van der Waals surface area contributed by atoms with Crippen molar-refractivity contribution in [2.45, 2.75) is 32.4 Å². The number of carbonyl (C=O) groups excluding carboxylic acids is 1. The molecule has 3 rings (SSSR count). The molecule has 0 saturated carbocycles. The molecule has 1 aromatic heterocycles. The summed E-state index contributed by atoms with van der Waals surface area (Å²) in [4.78, 5) is 16.5. The Balaban J connectivity index is 1.59. The summed E-state index contributed by atoms with van der Waals surface area (Å²) in [6, 6.07) is 17.4. The molecule has 30 heavy (non-hydrogen) atoms. The van der Waals surface area contributed by atoms with Gasteiger partial charge in [0.15, 0.2) is 9.84 Å². The molecule has 1 heterocycles. The van der Waals surface area contributed by atoms with Crippen molar-refractivity contribution in [3.8, 4) is 11.5 Å². The molecule has 1 unspecified atom stereocenters. The van der Waals surface area contributed by atoms with Gasteiger partial charge in [0.25, 0.3) is 0 Å². The second kappa shape index (κ2) is 9.26. The summed E-state index contributed by atoms with van der Waals surface area (Å²) in [7, 11) is -3.68. The standard InChI is InChI=1S/C23H26N2O4S/c1-16-9-11-20(12-10-16)23-25-21(18(3)29-23)14-30(27,28)15-22(26)24-13-17(2)19-7-5-4-6-8-19/h4-12,17H,13-15H2,1-3H3,(H,24,26). The highest BCUT2D eigenvalue weighted by molar-refractivity contribution is 7.91. The summed E-state index contributed by atoms with van der Waals surface area (Å²) < 4.78 is 30.7. The van der Waals surface area contributed by atoms with Crippen molar-refractivity contribution in [2.24, 2.45) is 0 Å². The molecule has 1 amide bonds. The molecule has 3 aromatic rings. The minimum atomic E-state index is -3.68. The maximum atomic E-state index is 12.5. The Bertz CT molecular complexity index is 1100. The van der Waals surface area contributed by atoms with E-state index < -0.39 is 21.5 Å². The number of sulfone groups is 1. The number of hydrogen-bond donors (Lipinski definition) is 1. The summed E-state index contributed by atoms with van der Waals surface area (Å²) in [6.07, 6.45) is 0. The van der Waals surface area contributed by atoms with E-state index in [0.717, 1.165) is 16.7 Å². The minimum absolute atomic E-state index is 0.0905. The smallest absolute Gasteiger partial charge is 0.235 e. The van der Waals surface area contributed by atoms with Crippen molar-refractivity contribution in [1.29, 1.82) is 0 Å². The van der Waals surface area contributed by atoms with Gasteiger partial charge in [0.1, 0.15) is 11.5 Å². The maximum absolute atomic E-state index is 12.5. The predicted octanol–water partition coefficient (Wildman–Crippen LogP) is 3.79. The molecule has 2 aromatic carbocycles. The summed E-state index contributed by atoms with van der Waals surface area (Å²) in [5.41, 5.74) is 3.30. The molecular weight excluding hydrogens is 400 g/mol. The Morgan fingerprint density at radius 1 is 1.07 bits per heavy atom. The van der Waals surface area contributed by atoms with E-state index in [1.54, 1.807) is 6.92 Å². The Morgan fingerprint density at radius 2 is 1.73 bits per heavy atom. The molecule has 0 aliphatic heterocycles. The van der Waals surface area contributed by atoms with Crippen LogP contribution in [-0.4, -0.2) is 31.6 Å². The van der Waals surface area contributed by atoms with Crippen molar-refractivity contribution in [1.82, 2.24) is 10.3 Å². The second-order valence-electron chi connectivity index (χ2n) is 7.54. The zero-order valence-corrected chi connectivity index (χ0v) is 18.2. The van der Waals surface area contributed by atoms with Crippen molar-refractivity contribution >= 4 is 15.7 Å². The molecule has 7 heteroatoms. The number of aryl methyl sites for hydroxylation is 2. The van der Waals surface area contributed by atoms with E-state index in [1.165, 1.54) is 0 Å². The zero-order chi connectivity index (χ0) is 21.7. The zero-order valence-electron chi connectivity index (χ0n) is 17.4. The van der Waals surface area contributed by atoms with Crippen LogP contribution >= 0.6 is 0 Å². The van der Waals surface area contributed by atoms with E-state index in [2.05, 4.69) is 10.3 Å². The van der Waals surface area contributed by atoms with Gasteiger partial charge >= 0.3 is 0 Å². The van der Waals surface area contributed by atoms with Gasteiger partial charge in [-0.3, -0.25) is 4.79 Å². The van der Waals surface area contributed by atoms with E-state index >= 15 is 0 Å². The first-order valence-corrected chi connectivity index (χ1v) is 11.6. The number of nitrogens with one attached hydrogen (secondary N) is 1. The molecule has 0 saturated heterocycles. The molecule has 0 bridgehead atoms. The number of nitrogens with zero attached hydrogens (tertiary/aromatic N) is 1. The molecule has 1 N–H and O–H groups in total. The number of benzene rings is 2. The number of hydrogen-bond acceptors (Lipinski definition) is 5. The van der Waals surface area contributed by atoms with Crippen LogP contribution in [0.5, 0.6) is 0 Å². The summed E-state index contributed by atoms with van der Waals surface area (Å²) in [6.45, 7) is 6.01. The Hall–Kier alpha value is -2.93. The SMILES string of the molecule is Cc1ccc(-c2nc(CS(=O)(=O)CC(=O)NCC(C)c3ccccc3)c(C)o2)cc1. The lowest BCUT2D eigenvalue weighted by atomic mass is 10.0. The van der Waals surface area contributed by atoms with Crippen molar-refractivity contribution in [3.05, 3.63) is 77.2 Å². The van der Waals surface area contributed by atoms with Gasteiger partial charge in [-0.2, -0.15) is 0 Å². The van der Waals surface area contributed by atoms with E-state index in [1.807, 2.05) is 68.4 Å². The normalized spacial score (nSPS) is 12.5. The highest BCUT2D eigenvalue weighted by atomic mass is 32.2. The fraction of sp³-hybridized carbons (Fsp3) is 0.304. The van der Waals surface area contributed by atoms with Gasteiger partial charge in [0.2, 0.25) is 11.8 Å². The topological polar surface area (TPSA) is 89.3 Å². The number of amides is 1. The molecule has 158 valence electrons. The molecule has 1 atom stereocenters. The van der Waals surface area contributed by atoms with Crippen LogP contribution in [0.2, 0.25) is 0 Å². The number of aromatic nitrogens is 1. The molecule has 0 radical (unpaired) electrons. The third kappa shape index (κ3) is 5.79. The lowest BCUT2D eigenvalue weighted by Crippen LogP contribution is -2.33. The van der Waals surface area contributed by atoms with E-state index in [4.69, 9.17) is 4.42 Å². The molecule has 0 aliphatic carbocycles. The molecule has 0 spiro atoms. The van der Waals surface area contributed by atoms with Gasteiger partial charge in [0, 0.05) is 12.1 Å². The first-order valence-electron chi connectivity index (χ1n) is 9.79. The number of carbonyl (C=O) groups is 1. The lowest BCUT2D eigenvalue weighted by molar-refractivity contribution is -0.118. The van der Waals surface area contributed by atoms with E-state index in [-0.39, 0.29) is 11.7 Å². The fourth-order valence-corrected chi connectivity index (χ4v) is 4.35. The average Bonchev–Trinajstić information content (AvgIpc) is 3.06. The van der Waals surface area contributed by atoms with E-state index in [9.17, 15) is 13.2 Å². The van der Waals surface area contributed by atoms with Crippen LogP contribution in [0, 0.1) is 13.8 Å². The van der Waals surface area contributed by atoms with Crippen molar-refractivity contribution in [3.63, 3.8) is 0 Å². The Kier molecular flexibility index (Phi) is 6.72. The number of oxazole rings is 1. The van der Waals surface area contributed by atoms with Gasteiger partial charge in [-0.15, -0.1) is 0 Å². The largest absolute Gasteiger partial charge is 0.441 e. The molecule has 6 nitrogen and oxygen atoms in total. The quantitative estimate of drug-likeness (QED) is 0.592. The summed E-state index contributed by atoms with van der Waals surface area (Å²) in [5, 5.41) is 2.71. The maximum Gasteiger partial charge on any atom is 0.235 e. The van der Waals surface area contributed by atoms with Crippen LogP contribution in [0.4, 0.5) is 0 Å². The predicted molar refractivity (Wildman–Crippen MR) is 117 cm³/mol. The first-order chi connectivity index (χ1) is 14.2. The van der Waals surface area contributed by atoms with Gasteiger partial charge in [-0.25, -0.2) is 13.4 Å². The summed E-state index contributed by atoms with van der Waals surface area (Å²) >= 11 is 0. The van der Waals surface area contributed by atoms with E-state index in [0.29, 0.717) is 23.9 Å². The third-order valence-corrected chi connectivity index (χ3v) is 6.29. The van der Waals surface area contributed by atoms with Crippen molar-refractivity contribution in [2.75, 3.05) is 12.3 Å². The van der Waals surface area contributed by atoms with Crippen LogP contribution in [0.25, 0.3) is 11.5 Å². The minimum Gasteiger partial charge on any atom is -0.441 e. The average molecular weight is 427 g/mol. The highest BCUT2D eigenvalue weighted by Crippen LogP contribution is 2.23. The lowest BCUT2D eigenvalue weighted by Gasteiger charge is -2.13. The first kappa shape index (κ1) is 21.8. The third-order valence-electron chi connectivity index (χ3n) is 4.87. The van der Waals surface area contributed by atoms with Crippen molar-refractivity contribution < 1.29 is 17.6 Å². The monoisotopic (exact) mass is 426 g/mol.